The second-order valence-electron chi connectivity index (χ2n) is 8.28. The van der Waals surface area contributed by atoms with Crippen LogP contribution in [0, 0.1) is 5.92 Å². The molecule has 2 rings (SSSR count). The zero-order chi connectivity index (χ0) is 20.0. The van der Waals surface area contributed by atoms with E-state index in [4.69, 9.17) is 4.74 Å². The van der Waals surface area contributed by atoms with Crippen molar-refractivity contribution in [3.8, 4) is 0 Å². The first-order valence-corrected chi connectivity index (χ1v) is 9.61. The van der Waals surface area contributed by atoms with Crippen LogP contribution in [0.4, 0.5) is 10.6 Å². The summed E-state index contributed by atoms with van der Waals surface area (Å²) in [7, 11) is 0. The Kier molecular flexibility index (Phi) is 7.05. The number of carbonyl (C=O) groups excluding carboxylic acids is 2. The van der Waals surface area contributed by atoms with Gasteiger partial charge in [-0.3, -0.25) is 4.79 Å². The summed E-state index contributed by atoms with van der Waals surface area (Å²) in [6.07, 6.45) is 3.58. The van der Waals surface area contributed by atoms with Gasteiger partial charge in [-0.05, 0) is 58.1 Å². The minimum Gasteiger partial charge on any atom is -0.444 e. The minimum atomic E-state index is -0.678. The van der Waals surface area contributed by atoms with Crippen molar-refractivity contribution in [2.24, 2.45) is 5.92 Å². The number of carbonyl (C=O) groups is 2. The SMILES string of the molecule is CC1CCN(c2ccc(CNC(=O)[C@@H](C)NC(=O)OC(C)(C)C)cn2)CC1. The Morgan fingerprint density at radius 3 is 2.52 bits per heavy atom. The third kappa shape index (κ3) is 7.07. The first-order valence-electron chi connectivity index (χ1n) is 9.61. The maximum Gasteiger partial charge on any atom is 0.408 e. The van der Waals surface area contributed by atoms with Crippen LogP contribution in [0.15, 0.2) is 18.3 Å². The predicted molar refractivity (Wildman–Crippen MR) is 106 cm³/mol. The van der Waals surface area contributed by atoms with E-state index in [9.17, 15) is 9.59 Å². The molecule has 0 bridgehead atoms. The normalized spacial score (nSPS) is 16.6. The summed E-state index contributed by atoms with van der Waals surface area (Å²) in [4.78, 5) is 30.7. The van der Waals surface area contributed by atoms with Crippen LogP contribution >= 0.6 is 0 Å². The molecule has 7 nitrogen and oxygen atoms in total. The highest BCUT2D eigenvalue weighted by Gasteiger charge is 2.21. The molecule has 2 N–H and O–H groups in total. The van der Waals surface area contributed by atoms with E-state index in [1.54, 1.807) is 33.9 Å². The zero-order valence-electron chi connectivity index (χ0n) is 17.0. The van der Waals surface area contributed by atoms with Crippen molar-refractivity contribution in [3.63, 3.8) is 0 Å². The lowest BCUT2D eigenvalue weighted by Crippen LogP contribution is -2.46. The molecular formula is C20H32N4O3. The summed E-state index contributed by atoms with van der Waals surface area (Å²) in [6, 6.07) is 3.30. The van der Waals surface area contributed by atoms with Gasteiger partial charge in [-0.2, -0.15) is 0 Å². The Morgan fingerprint density at radius 1 is 1.30 bits per heavy atom. The third-order valence-electron chi connectivity index (χ3n) is 4.51. The van der Waals surface area contributed by atoms with Crippen LogP contribution in [0.25, 0.3) is 0 Å². The number of amides is 2. The molecule has 0 saturated carbocycles. The quantitative estimate of drug-likeness (QED) is 0.826. The van der Waals surface area contributed by atoms with Gasteiger partial charge in [0, 0.05) is 25.8 Å². The van der Waals surface area contributed by atoms with Crippen molar-refractivity contribution in [3.05, 3.63) is 23.9 Å². The topological polar surface area (TPSA) is 83.6 Å². The molecule has 1 aromatic heterocycles. The van der Waals surface area contributed by atoms with Crippen LogP contribution in [-0.4, -0.2) is 41.7 Å². The summed E-state index contributed by atoms with van der Waals surface area (Å²) < 4.78 is 5.15. The molecule has 0 aliphatic carbocycles. The number of pyridine rings is 1. The van der Waals surface area contributed by atoms with Crippen LogP contribution in [0.5, 0.6) is 0 Å². The van der Waals surface area contributed by atoms with Crippen molar-refractivity contribution in [2.45, 2.75) is 65.6 Å². The van der Waals surface area contributed by atoms with E-state index in [0.29, 0.717) is 6.54 Å². The van der Waals surface area contributed by atoms with Gasteiger partial charge < -0.3 is 20.3 Å². The number of alkyl carbamates (subject to hydrolysis) is 1. The number of piperidine rings is 1. The van der Waals surface area contributed by atoms with E-state index in [1.807, 2.05) is 12.1 Å². The van der Waals surface area contributed by atoms with E-state index in [1.165, 1.54) is 12.8 Å². The summed E-state index contributed by atoms with van der Waals surface area (Å²) in [5.41, 5.74) is 0.321. The molecule has 1 fully saturated rings. The van der Waals surface area contributed by atoms with Crippen molar-refractivity contribution in [2.75, 3.05) is 18.0 Å². The van der Waals surface area contributed by atoms with Gasteiger partial charge >= 0.3 is 6.09 Å². The van der Waals surface area contributed by atoms with Gasteiger partial charge in [-0.1, -0.05) is 13.0 Å². The standard InChI is InChI=1S/C20H32N4O3/c1-14-8-10-24(11-9-14)17-7-6-16(12-21-17)13-22-18(25)15(2)23-19(26)27-20(3,4)5/h6-7,12,14-15H,8-11,13H2,1-5H3,(H,22,25)(H,23,26)/t15-/m1/s1. The lowest BCUT2D eigenvalue weighted by atomic mass is 9.99. The molecule has 1 atom stereocenters. The van der Waals surface area contributed by atoms with Crippen LogP contribution in [0.2, 0.25) is 0 Å². The second kappa shape index (κ2) is 9.06. The van der Waals surface area contributed by atoms with Gasteiger partial charge in [-0.15, -0.1) is 0 Å². The highest BCUT2D eigenvalue weighted by molar-refractivity contribution is 5.85. The average Bonchev–Trinajstić information content (AvgIpc) is 2.59. The largest absolute Gasteiger partial charge is 0.444 e. The van der Waals surface area contributed by atoms with E-state index in [0.717, 1.165) is 30.4 Å². The molecule has 7 heteroatoms. The van der Waals surface area contributed by atoms with Crippen molar-refractivity contribution >= 4 is 17.8 Å². The lowest BCUT2D eigenvalue weighted by Gasteiger charge is -2.31. The number of nitrogens with zero attached hydrogens (tertiary/aromatic N) is 2. The molecule has 27 heavy (non-hydrogen) atoms. The number of hydrogen-bond donors (Lipinski definition) is 2. The zero-order valence-corrected chi connectivity index (χ0v) is 17.0. The Bertz CT molecular complexity index is 632. The molecule has 1 aromatic rings. The summed E-state index contributed by atoms with van der Waals surface area (Å²) in [5.74, 6) is 1.50. The Balaban J connectivity index is 1.78. The maximum atomic E-state index is 12.2. The van der Waals surface area contributed by atoms with Gasteiger partial charge in [0.15, 0.2) is 0 Å². The van der Waals surface area contributed by atoms with Gasteiger partial charge in [0.2, 0.25) is 5.91 Å². The number of anilines is 1. The Morgan fingerprint density at radius 2 is 1.96 bits per heavy atom. The van der Waals surface area contributed by atoms with Gasteiger partial charge in [-0.25, -0.2) is 9.78 Å². The van der Waals surface area contributed by atoms with Crippen LogP contribution in [0.1, 0.15) is 53.0 Å². The third-order valence-corrected chi connectivity index (χ3v) is 4.51. The molecule has 0 radical (unpaired) electrons. The molecule has 2 heterocycles. The smallest absolute Gasteiger partial charge is 0.408 e. The lowest BCUT2D eigenvalue weighted by molar-refractivity contribution is -0.122. The Hall–Kier alpha value is -2.31. The number of ether oxygens (including phenoxy) is 1. The molecule has 1 saturated heterocycles. The maximum absolute atomic E-state index is 12.2. The first kappa shape index (κ1) is 21.0. The first-order chi connectivity index (χ1) is 12.6. The molecule has 0 aromatic carbocycles. The van der Waals surface area contributed by atoms with E-state index >= 15 is 0 Å². The molecule has 0 unspecified atom stereocenters. The molecule has 1 aliphatic rings. The fraction of sp³-hybridized carbons (Fsp3) is 0.650. The molecular weight excluding hydrogens is 344 g/mol. The van der Waals surface area contributed by atoms with E-state index < -0.39 is 17.7 Å². The second-order valence-corrected chi connectivity index (χ2v) is 8.28. The summed E-state index contributed by atoms with van der Waals surface area (Å²) >= 11 is 0. The van der Waals surface area contributed by atoms with Crippen LogP contribution in [-0.2, 0) is 16.1 Å². The van der Waals surface area contributed by atoms with Gasteiger partial charge in [0.05, 0.1) is 0 Å². The van der Waals surface area contributed by atoms with Crippen LogP contribution in [0.3, 0.4) is 0 Å². The van der Waals surface area contributed by atoms with Crippen molar-refractivity contribution in [1.29, 1.82) is 0 Å². The van der Waals surface area contributed by atoms with Crippen molar-refractivity contribution < 1.29 is 14.3 Å². The molecule has 2 amide bonds. The number of nitrogens with one attached hydrogen (secondary N) is 2. The summed E-state index contributed by atoms with van der Waals surface area (Å²) in [5, 5.41) is 5.34. The summed E-state index contributed by atoms with van der Waals surface area (Å²) in [6.45, 7) is 11.7. The molecule has 0 spiro atoms. The Labute approximate surface area is 161 Å². The predicted octanol–water partition coefficient (Wildman–Crippen LogP) is 2.85. The monoisotopic (exact) mass is 376 g/mol. The van der Waals surface area contributed by atoms with Crippen LogP contribution < -0.4 is 15.5 Å². The highest BCUT2D eigenvalue weighted by Crippen LogP contribution is 2.21. The number of rotatable bonds is 5. The molecule has 150 valence electrons. The average molecular weight is 377 g/mol. The highest BCUT2D eigenvalue weighted by atomic mass is 16.6. The van der Waals surface area contributed by atoms with E-state index in [-0.39, 0.29) is 5.91 Å². The minimum absolute atomic E-state index is 0.269. The fourth-order valence-corrected chi connectivity index (χ4v) is 2.84. The fourth-order valence-electron chi connectivity index (χ4n) is 2.84. The number of hydrogen-bond acceptors (Lipinski definition) is 5. The van der Waals surface area contributed by atoms with E-state index in [2.05, 4.69) is 27.4 Å². The van der Waals surface area contributed by atoms with Gasteiger partial charge in [0.25, 0.3) is 0 Å². The molecule has 1 aliphatic heterocycles. The number of aromatic nitrogens is 1. The van der Waals surface area contributed by atoms with Crippen molar-refractivity contribution in [1.82, 2.24) is 15.6 Å². The van der Waals surface area contributed by atoms with Gasteiger partial charge in [0.1, 0.15) is 17.5 Å².